The molecule has 0 aliphatic carbocycles. The fourth-order valence-corrected chi connectivity index (χ4v) is 2.49. The maximum absolute atomic E-state index is 3.62. The first-order valence-corrected chi connectivity index (χ1v) is 8.54. The van der Waals surface area contributed by atoms with Crippen molar-refractivity contribution in [2.45, 2.75) is 59.9 Å². The standard InChI is InChI=1S/C19H34N2/c1-6-8-14-21(18-12-10-9-11-13-18)16-19(5,7-2)15-20-17(3)4/h9-13,17,20H,6-8,14-16H2,1-5H3. The summed E-state index contributed by atoms with van der Waals surface area (Å²) in [5.41, 5.74) is 1.67. The van der Waals surface area contributed by atoms with Crippen molar-refractivity contribution < 1.29 is 0 Å². The summed E-state index contributed by atoms with van der Waals surface area (Å²) >= 11 is 0. The molecule has 0 radical (unpaired) electrons. The summed E-state index contributed by atoms with van der Waals surface area (Å²) in [6.45, 7) is 14.8. The zero-order valence-corrected chi connectivity index (χ0v) is 14.7. The Balaban J connectivity index is 2.78. The summed E-state index contributed by atoms with van der Waals surface area (Å²) in [7, 11) is 0. The number of nitrogens with one attached hydrogen (secondary N) is 1. The number of benzene rings is 1. The molecule has 0 bridgehead atoms. The van der Waals surface area contributed by atoms with Crippen molar-refractivity contribution in [3.63, 3.8) is 0 Å². The molecule has 120 valence electrons. The predicted molar refractivity (Wildman–Crippen MR) is 95.1 cm³/mol. The Labute approximate surface area is 131 Å². The minimum atomic E-state index is 0.313. The number of nitrogens with zero attached hydrogens (tertiary/aromatic N) is 1. The molecule has 1 rings (SSSR count). The fraction of sp³-hybridized carbons (Fsp3) is 0.684. The molecule has 0 aromatic heterocycles. The van der Waals surface area contributed by atoms with E-state index in [0.717, 1.165) is 19.6 Å². The molecule has 1 aromatic rings. The molecule has 21 heavy (non-hydrogen) atoms. The first-order valence-electron chi connectivity index (χ1n) is 8.54. The van der Waals surface area contributed by atoms with Gasteiger partial charge < -0.3 is 10.2 Å². The second kappa shape index (κ2) is 9.09. The first-order chi connectivity index (χ1) is 10.0. The van der Waals surface area contributed by atoms with Crippen LogP contribution in [0.3, 0.4) is 0 Å². The molecule has 0 saturated heterocycles. The maximum Gasteiger partial charge on any atom is 0.0366 e. The lowest BCUT2D eigenvalue weighted by Crippen LogP contribution is -2.44. The van der Waals surface area contributed by atoms with Crippen molar-refractivity contribution >= 4 is 5.69 Å². The number of anilines is 1. The molecule has 2 heteroatoms. The van der Waals surface area contributed by atoms with E-state index in [-0.39, 0.29) is 0 Å². The highest BCUT2D eigenvalue weighted by molar-refractivity contribution is 5.46. The van der Waals surface area contributed by atoms with E-state index in [0.29, 0.717) is 11.5 Å². The lowest BCUT2D eigenvalue weighted by atomic mass is 9.86. The monoisotopic (exact) mass is 290 g/mol. The Bertz CT molecular complexity index is 374. The highest BCUT2D eigenvalue weighted by Crippen LogP contribution is 2.25. The molecule has 1 unspecified atom stereocenters. The van der Waals surface area contributed by atoms with Crippen LogP contribution in [0.15, 0.2) is 30.3 Å². The van der Waals surface area contributed by atoms with Crippen LogP contribution in [0.4, 0.5) is 5.69 Å². The molecule has 1 N–H and O–H groups in total. The number of unbranched alkanes of at least 4 members (excludes halogenated alkanes) is 1. The lowest BCUT2D eigenvalue weighted by molar-refractivity contribution is 0.285. The highest BCUT2D eigenvalue weighted by Gasteiger charge is 2.25. The molecule has 0 aliphatic rings. The van der Waals surface area contributed by atoms with Crippen LogP contribution in [0.5, 0.6) is 0 Å². The van der Waals surface area contributed by atoms with Gasteiger partial charge in [0.15, 0.2) is 0 Å². The summed E-state index contributed by atoms with van der Waals surface area (Å²) in [6.07, 6.45) is 3.70. The molecular formula is C19H34N2. The van der Waals surface area contributed by atoms with E-state index in [4.69, 9.17) is 0 Å². The van der Waals surface area contributed by atoms with Crippen molar-refractivity contribution in [1.82, 2.24) is 5.32 Å². The van der Waals surface area contributed by atoms with Gasteiger partial charge in [0.1, 0.15) is 0 Å². The normalized spacial score (nSPS) is 14.2. The third-order valence-corrected chi connectivity index (χ3v) is 4.27. The molecule has 0 aliphatic heterocycles. The molecule has 0 heterocycles. The quantitative estimate of drug-likeness (QED) is 0.671. The van der Waals surface area contributed by atoms with Crippen molar-refractivity contribution in [1.29, 1.82) is 0 Å². The van der Waals surface area contributed by atoms with Crippen LogP contribution >= 0.6 is 0 Å². The third-order valence-electron chi connectivity index (χ3n) is 4.27. The van der Waals surface area contributed by atoms with Gasteiger partial charge in [0.2, 0.25) is 0 Å². The second-order valence-electron chi connectivity index (χ2n) is 6.81. The molecular weight excluding hydrogens is 256 g/mol. The minimum Gasteiger partial charge on any atom is -0.371 e. The van der Waals surface area contributed by atoms with E-state index in [9.17, 15) is 0 Å². The summed E-state index contributed by atoms with van der Waals surface area (Å²) in [4.78, 5) is 2.56. The van der Waals surface area contributed by atoms with Crippen LogP contribution in [0.25, 0.3) is 0 Å². The van der Waals surface area contributed by atoms with Crippen LogP contribution < -0.4 is 10.2 Å². The third kappa shape index (κ3) is 6.52. The first kappa shape index (κ1) is 18.0. The second-order valence-corrected chi connectivity index (χ2v) is 6.81. The van der Waals surface area contributed by atoms with E-state index < -0.39 is 0 Å². The maximum atomic E-state index is 3.62. The average Bonchev–Trinajstić information content (AvgIpc) is 2.50. The van der Waals surface area contributed by atoms with E-state index in [1.54, 1.807) is 0 Å². The Morgan fingerprint density at radius 3 is 2.33 bits per heavy atom. The fourth-order valence-electron chi connectivity index (χ4n) is 2.49. The highest BCUT2D eigenvalue weighted by atomic mass is 15.1. The Hall–Kier alpha value is -1.02. The van der Waals surface area contributed by atoms with Crippen LogP contribution in [0.1, 0.15) is 53.9 Å². The van der Waals surface area contributed by atoms with Crippen molar-refractivity contribution in [2.75, 3.05) is 24.5 Å². The van der Waals surface area contributed by atoms with Gasteiger partial charge in [-0.25, -0.2) is 0 Å². The average molecular weight is 290 g/mol. The van der Waals surface area contributed by atoms with Crippen LogP contribution in [-0.2, 0) is 0 Å². The van der Waals surface area contributed by atoms with Gasteiger partial charge in [-0.15, -0.1) is 0 Å². The summed E-state index contributed by atoms with van der Waals surface area (Å²) < 4.78 is 0. The zero-order chi connectivity index (χ0) is 15.7. The number of para-hydroxylation sites is 1. The van der Waals surface area contributed by atoms with Gasteiger partial charge in [0, 0.05) is 31.4 Å². The van der Waals surface area contributed by atoms with Gasteiger partial charge in [-0.05, 0) is 30.4 Å². The summed E-state index contributed by atoms with van der Waals surface area (Å²) in [6, 6.07) is 11.4. The van der Waals surface area contributed by atoms with Gasteiger partial charge in [-0.3, -0.25) is 0 Å². The molecule has 1 atom stereocenters. The number of hydrogen-bond donors (Lipinski definition) is 1. The molecule has 0 spiro atoms. The number of hydrogen-bond acceptors (Lipinski definition) is 2. The Morgan fingerprint density at radius 2 is 1.81 bits per heavy atom. The van der Waals surface area contributed by atoms with E-state index in [2.05, 4.69) is 75.2 Å². The van der Waals surface area contributed by atoms with Crippen molar-refractivity contribution in [2.24, 2.45) is 5.41 Å². The Kier molecular flexibility index (Phi) is 7.81. The van der Waals surface area contributed by atoms with Crippen LogP contribution in [-0.4, -0.2) is 25.7 Å². The van der Waals surface area contributed by atoms with E-state index in [1.807, 2.05) is 0 Å². The molecule has 0 saturated carbocycles. The molecule has 0 amide bonds. The molecule has 0 fully saturated rings. The van der Waals surface area contributed by atoms with Crippen LogP contribution in [0.2, 0.25) is 0 Å². The summed E-state index contributed by atoms with van der Waals surface area (Å²) in [5.74, 6) is 0. The van der Waals surface area contributed by atoms with Gasteiger partial charge in [0.25, 0.3) is 0 Å². The van der Waals surface area contributed by atoms with Crippen LogP contribution in [0, 0.1) is 5.41 Å². The van der Waals surface area contributed by atoms with E-state index in [1.165, 1.54) is 24.9 Å². The minimum absolute atomic E-state index is 0.313. The van der Waals surface area contributed by atoms with Gasteiger partial charge in [-0.1, -0.05) is 59.2 Å². The summed E-state index contributed by atoms with van der Waals surface area (Å²) in [5, 5.41) is 3.62. The lowest BCUT2D eigenvalue weighted by Gasteiger charge is -2.37. The Morgan fingerprint density at radius 1 is 1.14 bits per heavy atom. The molecule has 2 nitrogen and oxygen atoms in total. The van der Waals surface area contributed by atoms with Gasteiger partial charge in [0.05, 0.1) is 0 Å². The molecule has 1 aromatic carbocycles. The largest absolute Gasteiger partial charge is 0.371 e. The predicted octanol–water partition coefficient (Wildman–Crippen LogP) is 4.71. The van der Waals surface area contributed by atoms with Crippen molar-refractivity contribution in [3.05, 3.63) is 30.3 Å². The topological polar surface area (TPSA) is 15.3 Å². The number of rotatable bonds is 10. The zero-order valence-electron chi connectivity index (χ0n) is 14.7. The smallest absolute Gasteiger partial charge is 0.0366 e. The van der Waals surface area contributed by atoms with E-state index >= 15 is 0 Å². The van der Waals surface area contributed by atoms with Gasteiger partial charge >= 0.3 is 0 Å². The van der Waals surface area contributed by atoms with Crippen molar-refractivity contribution in [3.8, 4) is 0 Å². The van der Waals surface area contributed by atoms with Gasteiger partial charge in [-0.2, -0.15) is 0 Å². The SMILES string of the molecule is CCCCN(CC(C)(CC)CNC(C)C)c1ccccc1.